The third-order valence-electron chi connectivity index (χ3n) is 1.94. The predicted octanol–water partition coefficient (Wildman–Crippen LogP) is 3.14. The van der Waals surface area contributed by atoms with E-state index in [4.69, 9.17) is 16.9 Å². The quantitative estimate of drug-likeness (QED) is 0.468. The zero-order valence-corrected chi connectivity index (χ0v) is 8.86. The Morgan fingerprint density at radius 2 is 2.00 bits per heavy atom. The van der Waals surface area contributed by atoms with E-state index >= 15 is 0 Å². The summed E-state index contributed by atoms with van der Waals surface area (Å²) < 4.78 is 50.6. The Hall–Kier alpha value is -1.61. The van der Waals surface area contributed by atoms with Crippen LogP contribution in [0.3, 0.4) is 0 Å². The fourth-order valence-corrected chi connectivity index (χ4v) is 1.29. The highest BCUT2D eigenvalue weighted by Gasteiger charge is 2.33. The number of nitrogens with zero attached hydrogens (tertiary/aromatic N) is 1. The van der Waals surface area contributed by atoms with Gasteiger partial charge in [-0.25, -0.2) is 4.39 Å². The Kier molecular flexibility index (Phi) is 3.73. The Balaban J connectivity index is 3.51. The van der Waals surface area contributed by atoms with E-state index in [1.165, 1.54) is 6.07 Å². The van der Waals surface area contributed by atoms with Crippen molar-refractivity contribution >= 4 is 17.4 Å². The minimum absolute atomic E-state index is 0.348. The Morgan fingerprint density at radius 1 is 1.41 bits per heavy atom. The molecule has 0 radical (unpaired) electrons. The lowest BCUT2D eigenvalue weighted by Gasteiger charge is -2.09. The number of benzene rings is 1. The van der Waals surface area contributed by atoms with E-state index in [1.54, 1.807) is 0 Å². The number of hydrogen-bond acceptors (Lipinski definition) is 2. The number of carbonyl (C=O) groups is 1. The molecule has 0 saturated heterocycles. The number of Topliss-reactive ketones (excluding diaryl/α,β-unsaturated/α-hetero) is 1. The summed E-state index contributed by atoms with van der Waals surface area (Å²) in [5.74, 6) is -2.96. The first-order valence-electron chi connectivity index (χ1n) is 4.21. The van der Waals surface area contributed by atoms with Gasteiger partial charge in [-0.15, -0.1) is 11.6 Å². The Morgan fingerprint density at radius 3 is 2.41 bits per heavy atom. The molecule has 0 amide bonds. The molecule has 7 heteroatoms. The maximum Gasteiger partial charge on any atom is 0.416 e. The molecule has 0 unspecified atom stereocenters. The number of hydrogen-bond donors (Lipinski definition) is 0. The molecular formula is C10H4ClF4NO. The van der Waals surface area contributed by atoms with Gasteiger partial charge in [0.05, 0.1) is 22.6 Å². The second kappa shape index (κ2) is 4.72. The molecule has 0 aliphatic heterocycles. The van der Waals surface area contributed by atoms with Gasteiger partial charge in [-0.3, -0.25) is 4.79 Å². The van der Waals surface area contributed by atoms with Crippen molar-refractivity contribution in [2.75, 3.05) is 5.88 Å². The van der Waals surface area contributed by atoms with Gasteiger partial charge >= 0.3 is 6.18 Å². The fourth-order valence-electron chi connectivity index (χ4n) is 1.14. The summed E-state index contributed by atoms with van der Waals surface area (Å²) in [6.07, 6.45) is -4.76. The molecule has 0 saturated carbocycles. The lowest BCUT2D eigenvalue weighted by atomic mass is 10.0. The van der Waals surface area contributed by atoms with Crippen molar-refractivity contribution in [2.24, 2.45) is 0 Å². The average Bonchev–Trinajstić information content (AvgIpc) is 2.26. The molecule has 0 atom stereocenters. The summed E-state index contributed by atoms with van der Waals surface area (Å²) >= 11 is 5.14. The maximum atomic E-state index is 13.4. The van der Waals surface area contributed by atoms with Gasteiger partial charge in [0.2, 0.25) is 0 Å². The van der Waals surface area contributed by atoms with Gasteiger partial charge in [-0.1, -0.05) is 0 Å². The number of halogens is 5. The van der Waals surface area contributed by atoms with Crippen LogP contribution in [0.2, 0.25) is 0 Å². The van der Waals surface area contributed by atoms with Gasteiger partial charge in [0.25, 0.3) is 0 Å². The standard InChI is InChI=1S/C10H4ClF4NO/c11-3-8(17)7-2-6(10(13,14)15)1-5(4-16)9(7)12/h1-2H,3H2. The van der Waals surface area contributed by atoms with Crippen molar-refractivity contribution in [2.45, 2.75) is 6.18 Å². The van der Waals surface area contributed by atoms with E-state index in [9.17, 15) is 22.4 Å². The van der Waals surface area contributed by atoms with E-state index in [-0.39, 0.29) is 0 Å². The second-order valence-corrected chi connectivity index (χ2v) is 3.32. The second-order valence-electron chi connectivity index (χ2n) is 3.05. The van der Waals surface area contributed by atoms with Crippen LogP contribution in [-0.4, -0.2) is 11.7 Å². The summed E-state index contributed by atoms with van der Waals surface area (Å²) in [5, 5.41) is 8.49. The maximum absolute atomic E-state index is 13.4. The van der Waals surface area contributed by atoms with Gasteiger partial charge in [-0.2, -0.15) is 18.4 Å². The molecule has 0 aliphatic carbocycles. The van der Waals surface area contributed by atoms with Crippen LogP contribution < -0.4 is 0 Å². The van der Waals surface area contributed by atoms with Crippen LogP contribution in [0, 0.1) is 17.1 Å². The third kappa shape index (κ3) is 2.74. The van der Waals surface area contributed by atoms with E-state index in [0.717, 1.165) is 0 Å². The zero-order valence-electron chi connectivity index (χ0n) is 8.11. The molecule has 1 aromatic carbocycles. The van der Waals surface area contributed by atoms with Crippen molar-refractivity contribution in [3.05, 3.63) is 34.6 Å². The monoisotopic (exact) mass is 265 g/mol. The third-order valence-corrected chi connectivity index (χ3v) is 2.18. The lowest BCUT2D eigenvalue weighted by molar-refractivity contribution is -0.137. The molecule has 0 fully saturated rings. The fraction of sp³-hybridized carbons (Fsp3) is 0.200. The number of carbonyl (C=O) groups excluding carboxylic acids is 1. The summed E-state index contributed by atoms with van der Waals surface area (Å²) in [7, 11) is 0. The average molecular weight is 266 g/mol. The smallest absolute Gasteiger partial charge is 0.293 e. The minimum Gasteiger partial charge on any atom is -0.293 e. The summed E-state index contributed by atoms with van der Waals surface area (Å²) in [4.78, 5) is 11.1. The van der Waals surface area contributed by atoms with Crippen molar-refractivity contribution < 1.29 is 22.4 Å². The molecule has 0 heterocycles. The molecule has 1 aromatic rings. The molecular weight excluding hydrogens is 262 g/mol. The van der Waals surface area contributed by atoms with Gasteiger partial charge in [-0.05, 0) is 12.1 Å². The number of ketones is 1. The van der Waals surface area contributed by atoms with Gasteiger partial charge in [0.15, 0.2) is 11.6 Å². The van der Waals surface area contributed by atoms with Crippen LogP contribution in [0.5, 0.6) is 0 Å². The highest BCUT2D eigenvalue weighted by molar-refractivity contribution is 6.30. The van der Waals surface area contributed by atoms with Crippen LogP contribution in [0.25, 0.3) is 0 Å². The van der Waals surface area contributed by atoms with Crippen LogP contribution in [0.1, 0.15) is 21.5 Å². The number of nitriles is 1. The normalized spacial score (nSPS) is 11.1. The Bertz CT molecular complexity index is 504. The largest absolute Gasteiger partial charge is 0.416 e. The van der Waals surface area contributed by atoms with Gasteiger partial charge < -0.3 is 0 Å². The number of rotatable bonds is 2. The molecule has 0 spiro atoms. The number of alkyl halides is 4. The van der Waals surface area contributed by atoms with E-state index in [1.807, 2.05) is 0 Å². The molecule has 1 rings (SSSR count). The molecule has 0 N–H and O–H groups in total. The highest BCUT2D eigenvalue weighted by Crippen LogP contribution is 2.31. The molecule has 0 bridgehead atoms. The summed E-state index contributed by atoms with van der Waals surface area (Å²) in [6, 6.07) is 1.95. The van der Waals surface area contributed by atoms with Crippen LogP contribution in [0.4, 0.5) is 17.6 Å². The topological polar surface area (TPSA) is 40.9 Å². The predicted molar refractivity (Wildman–Crippen MR) is 51.2 cm³/mol. The molecule has 17 heavy (non-hydrogen) atoms. The molecule has 90 valence electrons. The Labute approximate surface area is 98.4 Å². The molecule has 0 aliphatic rings. The zero-order chi connectivity index (χ0) is 13.2. The van der Waals surface area contributed by atoms with Crippen LogP contribution in [0.15, 0.2) is 12.1 Å². The van der Waals surface area contributed by atoms with Crippen LogP contribution in [-0.2, 0) is 6.18 Å². The van der Waals surface area contributed by atoms with E-state index in [0.29, 0.717) is 12.1 Å². The first-order valence-corrected chi connectivity index (χ1v) is 4.74. The first kappa shape index (κ1) is 13.5. The first-order chi connectivity index (χ1) is 7.81. The highest BCUT2D eigenvalue weighted by atomic mass is 35.5. The summed E-state index contributed by atoms with van der Waals surface area (Å²) in [5.41, 5.74) is -2.93. The van der Waals surface area contributed by atoms with Crippen molar-refractivity contribution in [1.29, 1.82) is 5.26 Å². The van der Waals surface area contributed by atoms with Crippen molar-refractivity contribution in [1.82, 2.24) is 0 Å². The van der Waals surface area contributed by atoms with E-state index in [2.05, 4.69) is 0 Å². The SMILES string of the molecule is N#Cc1cc(C(F)(F)F)cc(C(=O)CCl)c1F. The van der Waals surface area contributed by atoms with Crippen molar-refractivity contribution in [3.63, 3.8) is 0 Å². The molecule has 0 aromatic heterocycles. The van der Waals surface area contributed by atoms with Gasteiger partial charge in [0.1, 0.15) is 6.07 Å². The van der Waals surface area contributed by atoms with Gasteiger partial charge in [0, 0.05) is 0 Å². The minimum atomic E-state index is -4.76. The van der Waals surface area contributed by atoms with E-state index < -0.39 is 40.3 Å². The summed E-state index contributed by atoms with van der Waals surface area (Å²) in [6.45, 7) is 0. The lowest BCUT2D eigenvalue weighted by Crippen LogP contribution is -2.12. The van der Waals surface area contributed by atoms with Crippen LogP contribution >= 0.6 is 11.6 Å². The van der Waals surface area contributed by atoms with Crippen molar-refractivity contribution in [3.8, 4) is 6.07 Å². The molecule has 2 nitrogen and oxygen atoms in total.